The van der Waals surface area contributed by atoms with Gasteiger partial charge in [-0.15, -0.1) is 11.3 Å². The van der Waals surface area contributed by atoms with Gasteiger partial charge < -0.3 is 10.1 Å². The molecule has 1 N–H and O–H groups in total. The molecule has 0 aliphatic heterocycles. The van der Waals surface area contributed by atoms with E-state index < -0.39 is 0 Å². The van der Waals surface area contributed by atoms with Crippen LogP contribution >= 0.6 is 22.9 Å². The number of nitrogens with zero attached hydrogens (tertiary/aromatic N) is 4. The number of hydrogen-bond acceptors (Lipinski definition) is 7. The second kappa shape index (κ2) is 5.74. The molecular formula is C9H10ClN5OS. The van der Waals surface area contributed by atoms with Crippen LogP contribution in [0.15, 0.2) is 10.9 Å². The Kier molecular flexibility index (Phi) is 4.05. The predicted molar refractivity (Wildman–Crippen MR) is 65.4 cm³/mol. The van der Waals surface area contributed by atoms with Crippen molar-refractivity contribution in [3.8, 4) is 6.01 Å². The number of nitrogens with one attached hydrogen (secondary N) is 1. The Bertz CT molecular complexity index is 478. The summed E-state index contributed by atoms with van der Waals surface area (Å²) in [6.07, 6.45) is 0. The van der Waals surface area contributed by atoms with E-state index in [2.05, 4.69) is 25.3 Å². The van der Waals surface area contributed by atoms with Gasteiger partial charge in [-0.3, -0.25) is 0 Å². The van der Waals surface area contributed by atoms with Crippen molar-refractivity contribution in [3.63, 3.8) is 0 Å². The Morgan fingerprint density at radius 2 is 2.29 bits per heavy atom. The van der Waals surface area contributed by atoms with Crippen molar-refractivity contribution in [1.82, 2.24) is 19.9 Å². The molecule has 0 fully saturated rings. The van der Waals surface area contributed by atoms with Gasteiger partial charge in [0.25, 0.3) is 0 Å². The maximum absolute atomic E-state index is 5.75. The summed E-state index contributed by atoms with van der Waals surface area (Å²) in [5, 5.41) is 5.05. The van der Waals surface area contributed by atoms with E-state index in [0.29, 0.717) is 19.1 Å². The standard InChI is InChI=1S/C9H10ClN5OS/c1-2-16-9-14-7(10)13-8(15-9)11-3-6-4-17-5-12-6/h4-5H,2-3H2,1H3,(H,11,13,14,15). The second-order valence-corrected chi connectivity index (χ2v) is 4.03. The molecule has 2 aromatic rings. The van der Waals surface area contributed by atoms with E-state index >= 15 is 0 Å². The van der Waals surface area contributed by atoms with Crippen molar-refractivity contribution in [2.45, 2.75) is 13.5 Å². The van der Waals surface area contributed by atoms with Crippen LogP contribution in [0.3, 0.4) is 0 Å². The van der Waals surface area contributed by atoms with Crippen LogP contribution in [-0.2, 0) is 6.54 Å². The van der Waals surface area contributed by atoms with E-state index in [-0.39, 0.29) is 11.3 Å². The first-order chi connectivity index (χ1) is 8.28. The molecule has 0 aromatic carbocycles. The summed E-state index contributed by atoms with van der Waals surface area (Å²) < 4.78 is 5.16. The minimum absolute atomic E-state index is 0.101. The largest absolute Gasteiger partial charge is 0.464 e. The Hall–Kier alpha value is -1.47. The second-order valence-electron chi connectivity index (χ2n) is 2.98. The number of ether oxygens (including phenoxy) is 1. The van der Waals surface area contributed by atoms with E-state index in [1.54, 1.807) is 5.51 Å². The number of halogens is 1. The van der Waals surface area contributed by atoms with Gasteiger partial charge in [-0.1, -0.05) is 0 Å². The minimum atomic E-state index is 0.101. The highest BCUT2D eigenvalue weighted by Gasteiger charge is 2.05. The lowest BCUT2D eigenvalue weighted by Crippen LogP contribution is -2.07. The van der Waals surface area contributed by atoms with Gasteiger partial charge in [0, 0.05) is 5.38 Å². The number of thiazole rings is 1. The maximum Gasteiger partial charge on any atom is 0.322 e. The molecule has 8 heteroatoms. The lowest BCUT2D eigenvalue weighted by Gasteiger charge is -2.05. The zero-order chi connectivity index (χ0) is 12.1. The van der Waals surface area contributed by atoms with Gasteiger partial charge in [0.2, 0.25) is 11.2 Å². The molecule has 0 saturated heterocycles. The lowest BCUT2D eigenvalue weighted by molar-refractivity contribution is 0.312. The normalized spacial score (nSPS) is 10.2. The lowest BCUT2D eigenvalue weighted by atomic mass is 10.5. The first-order valence-corrected chi connectivity index (χ1v) is 6.25. The monoisotopic (exact) mass is 271 g/mol. The van der Waals surface area contributed by atoms with Crippen LogP contribution in [0.4, 0.5) is 5.95 Å². The van der Waals surface area contributed by atoms with Gasteiger partial charge in [0.1, 0.15) is 0 Å². The molecule has 0 saturated carbocycles. The van der Waals surface area contributed by atoms with Crippen LogP contribution in [0.5, 0.6) is 6.01 Å². The summed E-state index contributed by atoms with van der Waals surface area (Å²) in [5.74, 6) is 0.376. The van der Waals surface area contributed by atoms with Gasteiger partial charge in [0.05, 0.1) is 24.4 Å². The van der Waals surface area contributed by atoms with Crippen molar-refractivity contribution in [3.05, 3.63) is 21.9 Å². The molecule has 0 radical (unpaired) electrons. The van der Waals surface area contributed by atoms with E-state index in [9.17, 15) is 0 Å². The third-order valence-corrected chi connectivity index (χ3v) is 2.58. The molecule has 0 spiro atoms. The van der Waals surface area contributed by atoms with Crippen molar-refractivity contribution < 1.29 is 4.74 Å². The molecule has 0 aliphatic rings. The summed E-state index contributed by atoms with van der Waals surface area (Å²) in [6, 6.07) is 0.216. The quantitative estimate of drug-likeness (QED) is 0.897. The SMILES string of the molecule is CCOc1nc(Cl)nc(NCc2cscn2)n1. The van der Waals surface area contributed by atoms with Crippen LogP contribution in [0.25, 0.3) is 0 Å². The molecule has 0 atom stereocenters. The van der Waals surface area contributed by atoms with Crippen LogP contribution in [0.2, 0.25) is 5.28 Å². The summed E-state index contributed by atoms with van der Waals surface area (Å²) in [6.45, 7) is 2.86. The predicted octanol–water partition coefficient (Wildman–Crippen LogP) is 1.99. The molecule has 2 heterocycles. The number of anilines is 1. The Labute approximate surface area is 107 Å². The molecule has 0 bridgehead atoms. The van der Waals surface area contributed by atoms with Crippen molar-refractivity contribution >= 4 is 28.9 Å². The maximum atomic E-state index is 5.75. The summed E-state index contributed by atoms with van der Waals surface area (Å²) >= 11 is 7.28. The fraction of sp³-hybridized carbons (Fsp3) is 0.333. The van der Waals surface area contributed by atoms with Gasteiger partial charge >= 0.3 is 6.01 Å². The highest BCUT2D eigenvalue weighted by atomic mass is 35.5. The van der Waals surface area contributed by atoms with Gasteiger partial charge in [-0.2, -0.15) is 15.0 Å². The molecule has 0 unspecified atom stereocenters. The third-order valence-electron chi connectivity index (χ3n) is 1.77. The van der Waals surface area contributed by atoms with Crippen molar-refractivity contribution in [2.75, 3.05) is 11.9 Å². The van der Waals surface area contributed by atoms with Crippen molar-refractivity contribution in [2.24, 2.45) is 0 Å². The Morgan fingerprint density at radius 1 is 1.41 bits per heavy atom. The fourth-order valence-electron chi connectivity index (χ4n) is 1.10. The molecule has 0 aliphatic carbocycles. The Morgan fingerprint density at radius 3 is 3.00 bits per heavy atom. The van der Waals surface area contributed by atoms with Crippen LogP contribution < -0.4 is 10.1 Å². The highest BCUT2D eigenvalue weighted by molar-refractivity contribution is 7.07. The van der Waals surface area contributed by atoms with E-state index in [1.165, 1.54) is 11.3 Å². The average molecular weight is 272 g/mol. The molecule has 2 rings (SSSR count). The average Bonchev–Trinajstić information content (AvgIpc) is 2.79. The van der Waals surface area contributed by atoms with Gasteiger partial charge in [0.15, 0.2) is 0 Å². The fourth-order valence-corrected chi connectivity index (χ4v) is 1.81. The van der Waals surface area contributed by atoms with Gasteiger partial charge in [-0.05, 0) is 18.5 Å². The highest BCUT2D eigenvalue weighted by Crippen LogP contribution is 2.12. The van der Waals surface area contributed by atoms with E-state index in [4.69, 9.17) is 16.3 Å². The molecular weight excluding hydrogens is 262 g/mol. The molecule has 2 aromatic heterocycles. The van der Waals surface area contributed by atoms with Crippen LogP contribution in [-0.4, -0.2) is 26.5 Å². The Balaban J connectivity index is 2.04. The summed E-state index contributed by atoms with van der Waals surface area (Å²) in [4.78, 5) is 16.0. The first-order valence-electron chi connectivity index (χ1n) is 4.93. The summed E-state index contributed by atoms with van der Waals surface area (Å²) in [5.41, 5.74) is 2.69. The van der Waals surface area contributed by atoms with Gasteiger partial charge in [-0.25, -0.2) is 4.98 Å². The minimum Gasteiger partial charge on any atom is -0.464 e. The topological polar surface area (TPSA) is 72.8 Å². The number of aromatic nitrogens is 4. The molecule has 17 heavy (non-hydrogen) atoms. The van der Waals surface area contributed by atoms with E-state index in [1.807, 2.05) is 12.3 Å². The third kappa shape index (κ3) is 3.50. The number of hydrogen-bond donors (Lipinski definition) is 1. The summed E-state index contributed by atoms with van der Waals surface area (Å²) in [7, 11) is 0. The zero-order valence-corrected chi connectivity index (χ0v) is 10.6. The van der Waals surface area contributed by atoms with Crippen LogP contribution in [0, 0.1) is 0 Å². The first kappa shape index (κ1) is 12.0. The molecule has 0 amide bonds. The smallest absolute Gasteiger partial charge is 0.322 e. The molecule has 90 valence electrons. The van der Waals surface area contributed by atoms with E-state index in [0.717, 1.165) is 5.69 Å². The number of rotatable bonds is 5. The van der Waals surface area contributed by atoms with Crippen molar-refractivity contribution in [1.29, 1.82) is 0 Å². The zero-order valence-electron chi connectivity index (χ0n) is 9.05. The molecule has 6 nitrogen and oxygen atoms in total. The van der Waals surface area contributed by atoms with Crippen LogP contribution in [0.1, 0.15) is 12.6 Å².